The van der Waals surface area contributed by atoms with Crippen LogP contribution in [-0.2, 0) is 24.9 Å². The van der Waals surface area contributed by atoms with Gasteiger partial charge in [0.15, 0.2) is 0 Å². The van der Waals surface area contributed by atoms with Crippen molar-refractivity contribution in [2.75, 3.05) is 32.8 Å². The van der Waals surface area contributed by atoms with Crippen molar-refractivity contribution in [2.24, 2.45) is 18.9 Å². The number of nitrogens with zero attached hydrogens (tertiary/aromatic N) is 4. The molecule has 3 aromatic heterocycles. The van der Waals surface area contributed by atoms with Crippen molar-refractivity contribution in [2.45, 2.75) is 24.8 Å². The van der Waals surface area contributed by atoms with E-state index in [1.165, 1.54) is 16.5 Å². The number of ether oxygens (including phenoxy) is 1. The minimum absolute atomic E-state index is 0.109. The lowest BCUT2D eigenvalue weighted by Gasteiger charge is -2.40. The Morgan fingerprint density at radius 3 is 2.87 bits per heavy atom. The summed E-state index contributed by atoms with van der Waals surface area (Å²) in [6.07, 6.45) is 7.71. The molecule has 6 heterocycles. The third kappa shape index (κ3) is 2.84. The van der Waals surface area contributed by atoms with Gasteiger partial charge < -0.3 is 18.8 Å². The number of morpholine rings is 1. The number of hydrogen-bond donors (Lipinski definition) is 1. The van der Waals surface area contributed by atoms with Gasteiger partial charge in [0.05, 0.1) is 24.2 Å². The second kappa shape index (κ2) is 6.92. The Morgan fingerprint density at radius 2 is 2.07 bits per heavy atom. The number of rotatable bonds is 5. The lowest BCUT2D eigenvalue weighted by atomic mass is 9.83. The summed E-state index contributed by atoms with van der Waals surface area (Å²) in [7, 11) is 2.06. The van der Waals surface area contributed by atoms with E-state index in [-0.39, 0.29) is 24.2 Å². The molecule has 0 saturated carbocycles. The molecule has 1 spiro atoms. The molecule has 3 aromatic rings. The first-order valence-corrected chi connectivity index (χ1v) is 10.8. The Bertz CT molecular complexity index is 1050. The Morgan fingerprint density at radius 1 is 1.20 bits per heavy atom. The normalized spacial score (nSPS) is 31.6. The van der Waals surface area contributed by atoms with Crippen LogP contribution in [0.5, 0.6) is 0 Å². The van der Waals surface area contributed by atoms with Gasteiger partial charge in [-0.25, -0.2) is 4.98 Å². The van der Waals surface area contributed by atoms with Gasteiger partial charge in [0.1, 0.15) is 5.65 Å². The number of pyridine rings is 1. The van der Waals surface area contributed by atoms with Crippen LogP contribution in [0.25, 0.3) is 11.0 Å². The van der Waals surface area contributed by atoms with Crippen LogP contribution in [0.1, 0.15) is 11.1 Å². The van der Waals surface area contributed by atoms with Crippen molar-refractivity contribution < 1.29 is 14.3 Å². The van der Waals surface area contributed by atoms with Crippen LogP contribution in [0.4, 0.5) is 0 Å². The van der Waals surface area contributed by atoms with Crippen LogP contribution >= 0.6 is 0 Å². The molecular weight excluding hydrogens is 380 g/mol. The third-order valence-electron chi connectivity index (χ3n) is 7.34. The average Bonchev–Trinajstić information content (AvgIpc) is 3.46. The van der Waals surface area contributed by atoms with E-state index >= 15 is 0 Å². The smallest absolute Gasteiger partial charge is 0.139 e. The summed E-state index contributed by atoms with van der Waals surface area (Å²) in [6.45, 7) is 5.61. The predicted molar refractivity (Wildman–Crippen MR) is 112 cm³/mol. The highest BCUT2D eigenvalue weighted by Gasteiger charge is 2.61. The van der Waals surface area contributed by atoms with Crippen LogP contribution in [-0.4, -0.2) is 68.9 Å². The van der Waals surface area contributed by atoms with Gasteiger partial charge in [-0.1, -0.05) is 0 Å². The molecular formula is C23H28N4O3. The molecule has 4 atom stereocenters. The first-order valence-electron chi connectivity index (χ1n) is 10.8. The van der Waals surface area contributed by atoms with Crippen molar-refractivity contribution >= 4 is 11.0 Å². The molecule has 7 nitrogen and oxygen atoms in total. The predicted octanol–water partition coefficient (Wildman–Crippen LogP) is 1.86. The number of furan rings is 1. The average molecular weight is 409 g/mol. The van der Waals surface area contributed by atoms with Gasteiger partial charge in [-0.3, -0.25) is 9.80 Å². The molecule has 3 saturated heterocycles. The van der Waals surface area contributed by atoms with E-state index in [0.29, 0.717) is 5.92 Å². The van der Waals surface area contributed by atoms with E-state index in [9.17, 15) is 5.11 Å². The molecule has 0 unspecified atom stereocenters. The number of aliphatic hydroxyl groups excluding tert-OH is 1. The summed E-state index contributed by atoms with van der Waals surface area (Å²) in [5.74, 6) is 0.581. The highest BCUT2D eigenvalue weighted by molar-refractivity contribution is 5.80. The second-order valence-electron chi connectivity index (χ2n) is 9.28. The van der Waals surface area contributed by atoms with Crippen molar-refractivity contribution in [1.29, 1.82) is 0 Å². The Hall–Kier alpha value is -2.19. The topological polar surface area (TPSA) is 66.9 Å². The second-order valence-corrected chi connectivity index (χ2v) is 9.28. The zero-order valence-electron chi connectivity index (χ0n) is 17.3. The van der Waals surface area contributed by atoms with Gasteiger partial charge in [-0.2, -0.15) is 0 Å². The number of hydrogen-bond acceptors (Lipinski definition) is 6. The SMILES string of the molecule is Cn1cc(CN2C[C@H]3O[C@@]4(CN(Cc5ccoc5)C[C@@H]4[C@@H]3CO)C2)c2cccnc21. The number of likely N-dealkylation sites (tertiary alicyclic amines) is 2. The van der Waals surface area contributed by atoms with E-state index < -0.39 is 0 Å². The van der Waals surface area contributed by atoms with Gasteiger partial charge in [0.25, 0.3) is 0 Å². The Labute approximate surface area is 175 Å². The van der Waals surface area contributed by atoms with E-state index in [4.69, 9.17) is 9.15 Å². The van der Waals surface area contributed by atoms with Crippen molar-refractivity contribution in [3.8, 4) is 0 Å². The van der Waals surface area contributed by atoms with Gasteiger partial charge in [0.2, 0.25) is 0 Å². The third-order valence-corrected chi connectivity index (χ3v) is 7.34. The summed E-state index contributed by atoms with van der Waals surface area (Å²) in [6, 6.07) is 6.20. The van der Waals surface area contributed by atoms with Crippen LogP contribution < -0.4 is 0 Å². The molecule has 7 heteroatoms. The van der Waals surface area contributed by atoms with E-state index in [1.54, 1.807) is 6.26 Å². The van der Waals surface area contributed by atoms with Crippen LogP contribution in [0, 0.1) is 11.8 Å². The minimum Gasteiger partial charge on any atom is -0.472 e. The lowest BCUT2D eigenvalue weighted by Crippen LogP contribution is -2.53. The Balaban J connectivity index is 1.25. The summed E-state index contributed by atoms with van der Waals surface area (Å²) >= 11 is 0. The molecule has 3 aliphatic rings. The molecule has 6 rings (SSSR count). The van der Waals surface area contributed by atoms with Gasteiger partial charge in [-0.15, -0.1) is 0 Å². The van der Waals surface area contributed by atoms with Gasteiger partial charge in [-0.05, 0) is 23.8 Å². The van der Waals surface area contributed by atoms with Crippen LogP contribution in [0.15, 0.2) is 47.5 Å². The fourth-order valence-corrected chi connectivity index (χ4v) is 6.16. The van der Waals surface area contributed by atoms with Gasteiger partial charge >= 0.3 is 0 Å². The molecule has 0 aromatic carbocycles. The summed E-state index contributed by atoms with van der Waals surface area (Å²) in [4.78, 5) is 9.52. The fraction of sp³-hybridized carbons (Fsp3) is 0.522. The van der Waals surface area contributed by atoms with Crippen molar-refractivity contribution in [3.63, 3.8) is 0 Å². The largest absolute Gasteiger partial charge is 0.472 e. The number of aromatic nitrogens is 2. The highest BCUT2D eigenvalue weighted by atomic mass is 16.5. The number of fused-ring (bicyclic) bond motifs is 2. The summed E-state index contributed by atoms with van der Waals surface area (Å²) < 4.78 is 14.0. The lowest BCUT2D eigenvalue weighted by molar-refractivity contribution is -0.119. The maximum absolute atomic E-state index is 10.2. The van der Waals surface area contributed by atoms with Crippen LogP contribution in [0.3, 0.4) is 0 Å². The molecule has 30 heavy (non-hydrogen) atoms. The van der Waals surface area contributed by atoms with E-state index in [0.717, 1.165) is 44.9 Å². The maximum Gasteiger partial charge on any atom is 0.139 e. The molecule has 0 aliphatic carbocycles. The molecule has 2 bridgehead atoms. The zero-order valence-corrected chi connectivity index (χ0v) is 17.3. The highest BCUT2D eigenvalue weighted by Crippen LogP contribution is 2.49. The monoisotopic (exact) mass is 408 g/mol. The quantitative estimate of drug-likeness (QED) is 0.695. The molecule has 0 radical (unpaired) electrons. The number of aryl methyl sites for hydroxylation is 1. The summed E-state index contributed by atoms with van der Waals surface area (Å²) in [5.41, 5.74) is 3.34. The molecule has 1 N–H and O–H groups in total. The molecule has 0 amide bonds. The van der Waals surface area contributed by atoms with E-state index in [2.05, 4.69) is 38.7 Å². The fourth-order valence-electron chi connectivity index (χ4n) is 6.16. The molecule has 3 fully saturated rings. The van der Waals surface area contributed by atoms with Crippen molar-refractivity contribution in [1.82, 2.24) is 19.4 Å². The number of aliphatic hydroxyl groups is 1. The zero-order chi connectivity index (χ0) is 20.3. The molecule has 3 aliphatic heterocycles. The van der Waals surface area contributed by atoms with Crippen LogP contribution in [0.2, 0.25) is 0 Å². The van der Waals surface area contributed by atoms with E-state index in [1.807, 2.05) is 24.6 Å². The summed E-state index contributed by atoms with van der Waals surface area (Å²) in [5, 5.41) is 11.4. The minimum atomic E-state index is -0.192. The standard InChI is InChI=1S/C23H28N4O3/c1-25-8-17(18-3-2-5-24-22(18)25)9-27-11-21-19(12-28)20-10-26(7-16-4-6-29-13-16)14-23(20,15-27)30-21/h2-6,8,13,19-21,28H,7,9-12,14-15H2,1H3/t19-,20+,21+,23-/m0/s1. The van der Waals surface area contributed by atoms with Gasteiger partial charge in [0, 0.05) is 88.1 Å². The van der Waals surface area contributed by atoms with Crippen molar-refractivity contribution in [3.05, 3.63) is 54.2 Å². The molecule has 158 valence electrons. The maximum atomic E-state index is 10.2. The Kier molecular flexibility index (Phi) is 4.28. The first kappa shape index (κ1) is 18.6. The first-order chi connectivity index (χ1) is 14.6.